The fraction of sp³-hybridized carbons (Fsp3) is 0.467. The lowest BCUT2D eigenvalue weighted by Crippen LogP contribution is -2.31. The van der Waals surface area contributed by atoms with Crippen LogP contribution in [-0.4, -0.2) is 26.4 Å². The van der Waals surface area contributed by atoms with E-state index in [0.29, 0.717) is 5.41 Å². The van der Waals surface area contributed by atoms with Gasteiger partial charge in [-0.1, -0.05) is 41.0 Å². The van der Waals surface area contributed by atoms with Crippen molar-refractivity contribution in [3.63, 3.8) is 0 Å². The number of carbonyl (C=O) groups is 1. The first-order chi connectivity index (χ1) is 9.97. The standard InChI is InChI=1S/C15H17BrN2O2S/c1-15(5-2-6-15)9-18-12-4-3-10(16)7-11(12)17-14(18)21-8-13(19)20/h3-4,7H,2,5-6,8-9H2,1H3,(H,19,20). The van der Waals surface area contributed by atoms with Crippen molar-refractivity contribution in [2.45, 2.75) is 37.9 Å². The molecule has 0 radical (unpaired) electrons. The van der Waals surface area contributed by atoms with Crippen molar-refractivity contribution < 1.29 is 9.90 Å². The van der Waals surface area contributed by atoms with Gasteiger partial charge in [0.15, 0.2) is 5.16 Å². The Hall–Kier alpha value is -1.01. The number of carboxylic acids is 1. The molecule has 1 aromatic carbocycles. The number of aliphatic carboxylic acids is 1. The molecule has 0 unspecified atom stereocenters. The van der Waals surface area contributed by atoms with Crippen LogP contribution in [0.3, 0.4) is 0 Å². The highest BCUT2D eigenvalue weighted by Gasteiger charge is 2.33. The van der Waals surface area contributed by atoms with Gasteiger partial charge < -0.3 is 9.67 Å². The Morgan fingerprint density at radius 1 is 1.52 bits per heavy atom. The molecule has 1 fully saturated rings. The highest BCUT2D eigenvalue weighted by molar-refractivity contribution is 9.10. The van der Waals surface area contributed by atoms with E-state index in [4.69, 9.17) is 5.11 Å². The third-order valence-electron chi connectivity index (χ3n) is 4.10. The van der Waals surface area contributed by atoms with Gasteiger partial charge in [-0.15, -0.1) is 0 Å². The number of benzene rings is 1. The average molecular weight is 369 g/mol. The fourth-order valence-electron chi connectivity index (χ4n) is 2.79. The monoisotopic (exact) mass is 368 g/mol. The lowest BCUT2D eigenvalue weighted by atomic mass is 9.70. The van der Waals surface area contributed by atoms with E-state index >= 15 is 0 Å². The molecule has 1 aliphatic carbocycles. The van der Waals surface area contributed by atoms with E-state index in [2.05, 4.69) is 38.5 Å². The topological polar surface area (TPSA) is 55.1 Å². The second kappa shape index (κ2) is 5.65. The molecule has 0 amide bonds. The van der Waals surface area contributed by atoms with E-state index in [9.17, 15) is 4.79 Å². The Labute approximate surface area is 136 Å². The van der Waals surface area contributed by atoms with Crippen LogP contribution in [0.5, 0.6) is 0 Å². The number of hydrogen-bond donors (Lipinski definition) is 1. The molecule has 2 aromatic rings. The number of aromatic nitrogens is 2. The first-order valence-electron chi connectivity index (χ1n) is 6.97. The van der Waals surface area contributed by atoms with Gasteiger partial charge in [-0.2, -0.15) is 0 Å². The summed E-state index contributed by atoms with van der Waals surface area (Å²) in [4.78, 5) is 15.5. The number of carboxylic acid groups (broad SMARTS) is 1. The molecule has 0 bridgehead atoms. The van der Waals surface area contributed by atoms with Crippen LogP contribution >= 0.6 is 27.7 Å². The maximum absolute atomic E-state index is 10.8. The van der Waals surface area contributed by atoms with E-state index in [1.807, 2.05) is 12.1 Å². The van der Waals surface area contributed by atoms with Crippen molar-refractivity contribution in [3.05, 3.63) is 22.7 Å². The number of hydrogen-bond acceptors (Lipinski definition) is 3. The predicted octanol–water partition coefficient (Wildman–Crippen LogP) is 4.17. The molecule has 21 heavy (non-hydrogen) atoms. The highest BCUT2D eigenvalue weighted by Crippen LogP contribution is 2.43. The first kappa shape index (κ1) is 14.9. The predicted molar refractivity (Wildman–Crippen MR) is 87.8 cm³/mol. The van der Waals surface area contributed by atoms with E-state index in [1.54, 1.807) is 0 Å². The number of imidazole rings is 1. The van der Waals surface area contributed by atoms with Gasteiger partial charge in [0.2, 0.25) is 0 Å². The molecule has 1 N–H and O–H groups in total. The lowest BCUT2D eigenvalue weighted by molar-refractivity contribution is -0.133. The molecular formula is C15H17BrN2O2S. The SMILES string of the molecule is CC1(Cn2c(SCC(=O)O)nc3cc(Br)ccc32)CCC1. The molecule has 6 heteroatoms. The Balaban J connectivity index is 1.99. The normalized spacial score (nSPS) is 16.9. The van der Waals surface area contributed by atoms with Crippen LogP contribution in [-0.2, 0) is 11.3 Å². The summed E-state index contributed by atoms with van der Waals surface area (Å²) in [5.41, 5.74) is 2.32. The maximum Gasteiger partial charge on any atom is 0.313 e. The summed E-state index contributed by atoms with van der Waals surface area (Å²) in [7, 11) is 0. The third-order valence-corrected chi connectivity index (χ3v) is 5.55. The van der Waals surface area contributed by atoms with Gasteiger partial charge in [0.25, 0.3) is 0 Å². The number of fused-ring (bicyclic) bond motifs is 1. The molecule has 1 aliphatic rings. The van der Waals surface area contributed by atoms with Gasteiger partial charge in [0.05, 0.1) is 16.8 Å². The van der Waals surface area contributed by atoms with Crippen LogP contribution in [0, 0.1) is 5.41 Å². The van der Waals surface area contributed by atoms with Crippen molar-refractivity contribution >= 4 is 44.7 Å². The van der Waals surface area contributed by atoms with Crippen LogP contribution in [0.25, 0.3) is 11.0 Å². The van der Waals surface area contributed by atoms with Crippen LogP contribution in [0.1, 0.15) is 26.2 Å². The van der Waals surface area contributed by atoms with Gasteiger partial charge in [0, 0.05) is 11.0 Å². The zero-order chi connectivity index (χ0) is 15.0. The minimum absolute atomic E-state index is 0.0429. The number of thioether (sulfide) groups is 1. The molecular weight excluding hydrogens is 352 g/mol. The van der Waals surface area contributed by atoms with Crippen LogP contribution in [0.4, 0.5) is 0 Å². The van der Waals surface area contributed by atoms with Gasteiger partial charge in [-0.05, 0) is 36.5 Å². The van der Waals surface area contributed by atoms with E-state index in [-0.39, 0.29) is 5.75 Å². The molecule has 1 saturated carbocycles. The van der Waals surface area contributed by atoms with Gasteiger partial charge >= 0.3 is 5.97 Å². The summed E-state index contributed by atoms with van der Waals surface area (Å²) in [5.74, 6) is -0.768. The Morgan fingerprint density at radius 3 is 2.90 bits per heavy atom. The summed E-state index contributed by atoms with van der Waals surface area (Å²) >= 11 is 4.76. The summed E-state index contributed by atoms with van der Waals surface area (Å²) in [6.07, 6.45) is 3.74. The zero-order valence-electron chi connectivity index (χ0n) is 11.8. The molecule has 0 aliphatic heterocycles. The largest absolute Gasteiger partial charge is 0.481 e. The molecule has 4 nitrogen and oxygen atoms in total. The summed E-state index contributed by atoms with van der Waals surface area (Å²) < 4.78 is 3.18. The van der Waals surface area contributed by atoms with Crippen molar-refractivity contribution in [1.82, 2.24) is 9.55 Å². The van der Waals surface area contributed by atoms with E-state index in [0.717, 1.165) is 27.2 Å². The average Bonchev–Trinajstić information content (AvgIpc) is 2.71. The van der Waals surface area contributed by atoms with Crippen LogP contribution in [0.15, 0.2) is 27.8 Å². The molecule has 0 spiro atoms. The third kappa shape index (κ3) is 3.11. The summed E-state index contributed by atoms with van der Waals surface area (Å²) in [5, 5.41) is 9.71. The molecule has 1 aromatic heterocycles. The van der Waals surface area contributed by atoms with Gasteiger partial charge in [0.1, 0.15) is 0 Å². The molecule has 112 valence electrons. The molecule has 1 heterocycles. The maximum atomic E-state index is 10.8. The molecule has 0 saturated heterocycles. The second-order valence-electron chi connectivity index (χ2n) is 5.96. The fourth-order valence-corrected chi connectivity index (χ4v) is 3.87. The molecule has 0 atom stereocenters. The number of halogens is 1. The summed E-state index contributed by atoms with van der Waals surface area (Å²) in [6, 6.07) is 6.05. The Kier molecular flexibility index (Phi) is 4.01. The van der Waals surface area contributed by atoms with Crippen LogP contribution < -0.4 is 0 Å². The zero-order valence-corrected chi connectivity index (χ0v) is 14.2. The quantitative estimate of drug-likeness (QED) is 0.804. The van der Waals surface area contributed by atoms with Crippen molar-refractivity contribution in [1.29, 1.82) is 0 Å². The number of nitrogens with zero attached hydrogens (tertiary/aromatic N) is 2. The second-order valence-corrected chi connectivity index (χ2v) is 7.82. The van der Waals surface area contributed by atoms with Crippen LogP contribution in [0.2, 0.25) is 0 Å². The van der Waals surface area contributed by atoms with Gasteiger partial charge in [-0.3, -0.25) is 4.79 Å². The van der Waals surface area contributed by atoms with E-state index < -0.39 is 5.97 Å². The summed E-state index contributed by atoms with van der Waals surface area (Å²) in [6.45, 7) is 3.21. The smallest absolute Gasteiger partial charge is 0.313 e. The highest BCUT2D eigenvalue weighted by atomic mass is 79.9. The van der Waals surface area contributed by atoms with Gasteiger partial charge in [-0.25, -0.2) is 4.98 Å². The van der Waals surface area contributed by atoms with Crippen molar-refractivity contribution in [2.75, 3.05) is 5.75 Å². The first-order valence-corrected chi connectivity index (χ1v) is 8.75. The lowest BCUT2D eigenvalue weighted by Gasteiger charge is -2.39. The molecule has 3 rings (SSSR count). The minimum Gasteiger partial charge on any atom is -0.481 e. The van der Waals surface area contributed by atoms with Crippen molar-refractivity contribution in [3.8, 4) is 0 Å². The Morgan fingerprint density at radius 2 is 2.29 bits per heavy atom. The Bertz CT molecular complexity index is 694. The minimum atomic E-state index is -0.811. The van der Waals surface area contributed by atoms with E-state index in [1.165, 1.54) is 31.0 Å². The van der Waals surface area contributed by atoms with Crippen molar-refractivity contribution in [2.24, 2.45) is 5.41 Å². The number of rotatable bonds is 5.